The van der Waals surface area contributed by atoms with E-state index < -0.39 is 0 Å². The normalized spacial score (nSPS) is 34.2. The van der Waals surface area contributed by atoms with Crippen LogP contribution in [0.4, 0.5) is 0 Å². The molecule has 152 valence electrons. The van der Waals surface area contributed by atoms with E-state index in [9.17, 15) is 0 Å². The molecule has 3 aromatic rings. The number of nitrogens with one attached hydrogen (secondary N) is 1. The summed E-state index contributed by atoms with van der Waals surface area (Å²) in [5, 5.41) is 5.34. The van der Waals surface area contributed by atoms with Crippen LogP contribution in [0.2, 0.25) is 0 Å². The van der Waals surface area contributed by atoms with Crippen LogP contribution in [0.25, 0.3) is 15.9 Å². The van der Waals surface area contributed by atoms with E-state index in [1.165, 1.54) is 54.5 Å². The van der Waals surface area contributed by atoms with Gasteiger partial charge in [0.2, 0.25) is 0 Å². The van der Waals surface area contributed by atoms with Crippen molar-refractivity contribution in [3.8, 4) is 0 Å². The second kappa shape index (κ2) is 6.48. The number of hydrogen-bond donors (Lipinski definition) is 1. The summed E-state index contributed by atoms with van der Waals surface area (Å²) in [5.41, 5.74) is 3.94. The van der Waals surface area contributed by atoms with E-state index in [4.69, 9.17) is 4.98 Å². The molecule has 5 aliphatic rings. The molecule has 1 unspecified atom stereocenters. The summed E-state index contributed by atoms with van der Waals surface area (Å²) in [6, 6.07) is 19.4. The Morgan fingerprint density at radius 1 is 0.867 bits per heavy atom. The van der Waals surface area contributed by atoms with Crippen molar-refractivity contribution >= 4 is 27.7 Å². The van der Waals surface area contributed by atoms with Gasteiger partial charge in [-0.3, -0.25) is 9.88 Å². The van der Waals surface area contributed by atoms with Crippen molar-refractivity contribution < 1.29 is 0 Å². The molecule has 4 saturated carbocycles. The summed E-state index contributed by atoms with van der Waals surface area (Å²) in [6.45, 7) is 0. The molecule has 3 nitrogen and oxygen atoms in total. The van der Waals surface area contributed by atoms with E-state index in [1.54, 1.807) is 11.8 Å². The van der Waals surface area contributed by atoms with Crippen LogP contribution in [0.5, 0.6) is 0 Å². The molecule has 2 heterocycles. The van der Waals surface area contributed by atoms with Gasteiger partial charge in [-0.25, -0.2) is 4.98 Å². The summed E-state index contributed by atoms with van der Waals surface area (Å²) in [7, 11) is 0. The zero-order valence-electron chi connectivity index (χ0n) is 17.1. The first-order valence-electron chi connectivity index (χ1n) is 11.4. The van der Waals surface area contributed by atoms with Gasteiger partial charge in [-0.05, 0) is 80.1 Å². The van der Waals surface area contributed by atoms with Gasteiger partial charge < -0.3 is 0 Å². The van der Waals surface area contributed by atoms with Crippen molar-refractivity contribution in [3.05, 3.63) is 66.2 Å². The molecule has 1 aliphatic heterocycles. The summed E-state index contributed by atoms with van der Waals surface area (Å²) >= 11 is 1.80. The Kier molecular flexibility index (Phi) is 3.80. The van der Waals surface area contributed by atoms with Gasteiger partial charge in [0.15, 0.2) is 5.16 Å². The van der Waals surface area contributed by atoms with Crippen LogP contribution in [0.15, 0.2) is 65.8 Å². The number of rotatable bonds is 3. The van der Waals surface area contributed by atoms with Gasteiger partial charge in [0.1, 0.15) is 6.17 Å². The number of thioether (sulfide) groups is 1. The number of aromatic nitrogens is 2. The van der Waals surface area contributed by atoms with E-state index in [1.807, 2.05) is 0 Å². The van der Waals surface area contributed by atoms with Gasteiger partial charge in [0.05, 0.1) is 11.0 Å². The zero-order valence-corrected chi connectivity index (χ0v) is 17.9. The third-order valence-corrected chi connectivity index (χ3v) is 8.96. The Balaban J connectivity index is 1.33. The van der Waals surface area contributed by atoms with Crippen LogP contribution in [-0.2, 0) is 0 Å². The Hall–Kier alpha value is -2.04. The van der Waals surface area contributed by atoms with Gasteiger partial charge in [-0.2, -0.15) is 0 Å². The van der Waals surface area contributed by atoms with E-state index in [-0.39, 0.29) is 6.17 Å². The van der Waals surface area contributed by atoms with Gasteiger partial charge in [-0.15, -0.1) is 0 Å². The Morgan fingerprint density at radius 3 is 2.27 bits per heavy atom. The summed E-state index contributed by atoms with van der Waals surface area (Å²) in [6.07, 6.45) is 11.1. The number of para-hydroxylation sites is 2. The zero-order chi connectivity index (χ0) is 19.7. The second-order valence-electron chi connectivity index (χ2n) is 10.0. The maximum absolute atomic E-state index is 5.02. The minimum atomic E-state index is 0.167. The number of benzene rings is 2. The standard InChI is InChI=1S/C26H27N3S/c1-2-6-20(7-3-1)23-13-24(29-22-9-5-4-8-21(22)27-25(29)30-23)28-26-14-17-10-18(15-26)12-19(11-17)16-26/h1-9,13,17-19,24,28H,10-12,14-16H2. The van der Waals surface area contributed by atoms with E-state index in [2.05, 4.69) is 70.6 Å². The first kappa shape index (κ1) is 17.6. The fourth-order valence-corrected chi connectivity index (χ4v) is 8.28. The van der Waals surface area contributed by atoms with Crippen LogP contribution in [0.1, 0.15) is 50.3 Å². The fourth-order valence-electron chi connectivity index (χ4n) is 7.18. The topological polar surface area (TPSA) is 29.9 Å². The highest BCUT2D eigenvalue weighted by atomic mass is 32.2. The van der Waals surface area contributed by atoms with Crippen molar-refractivity contribution in [2.75, 3.05) is 0 Å². The average Bonchev–Trinajstić information content (AvgIpc) is 3.12. The fraction of sp³-hybridized carbons (Fsp3) is 0.423. The van der Waals surface area contributed by atoms with Crippen LogP contribution >= 0.6 is 11.8 Å². The van der Waals surface area contributed by atoms with Crippen LogP contribution < -0.4 is 5.32 Å². The van der Waals surface area contributed by atoms with Crippen molar-refractivity contribution in [1.29, 1.82) is 0 Å². The SMILES string of the molecule is C1=C(c2ccccc2)Sc2nc3ccccc3n2C1NC12CC3CC(CC(C3)C1)C2. The van der Waals surface area contributed by atoms with Crippen molar-refractivity contribution in [2.24, 2.45) is 17.8 Å². The predicted octanol–water partition coefficient (Wildman–Crippen LogP) is 6.24. The minimum absolute atomic E-state index is 0.167. The van der Waals surface area contributed by atoms with Gasteiger partial charge in [-0.1, -0.05) is 54.2 Å². The maximum atomic E-state index is 5.02. The van der Waals surface area contributed by atoms with Crippen molar-refractivity contribution in [1.82, 2.24) is 14.9 Å². The van der Waals surface area contributed by atoms with Gasteiger partial charge in [0.25, 0.3) is 0 Å². The van der Waals surface area contributed by atoms with Crippen molar-refractivity contribution in [2.45, 2.75) is 55.4 Å². The Morgan fingerprint density at radius 2 is 1.53 bits per heavy atom. The van der Waals surface area contributed by atoms with Crippen LogP contribution in [-0.4, -0.2) is 15.1 Å². The molecule has 0 radical (unpaired) electrons. The lowest BCUT2D eigenvalue weighted by molar-refractivity contribution is -0.0270. The molecule has 0 saturated heterocycles. The van der Waals surface area contributed by atoms with E-state index in [0.29, 0.717) is 5.54 Å². The van der Waals surface area contributed by atoms with E-state index >= 15 is 0 Å². The van der Waals surface area contributed by atoms with Crippen LogP contribution in [0, 0.1) is 17.8 Å². The first-order valence-corrected chi connectivity index (χ1v) is 12.3. The highest BCUT2D eigenvalue weighted by Gasteiger charge is 2.51. The Bertz CT molecular complexity index is 1110. The minimum Gasteiger partial charge on any atom is -0.299 e. The largest absolute Gasteiger partial charge is 0.299 e. The molecule has 0 amide bonds. The molecule has 1 N–H and O–H groups in total. The highest BCUT2D eigenvalue weighted by Crippen LogP contribution is 2.56. The molecule has 4 heteroatoms. The molecule has 4 fully saturated rings. The number of fused-ring (bicyclic) bond motifs is 3. The lowest BCUT2D eigenvalue weighted by Gasteiger charge is -2.58. The molecule has 4 aliphatic carbocycles. The molecule has 8 rings (SSSR count). The lowest BCUT2D eigenvalue weighted by atomic mass is 9.53. The number of nitrogens with zero attached hydrogens (tertiary/aromatic N) is 2. The second-order valence-corrected chi connectivity index (χ2v) is 11.0. The highest BCUT2D eigenvalue weighted by molar-refractivity contribution is 8.08. The first-order chi connectivity index (χ1) is 14.7. The quantitative estimate of drug-likeness (QED) is 0.551. The number of imidazole rings is 1. The molecule has 1 atom stereocenters. The van der Waals surface area contributed by atoms with Gasteiger partial charge >= 0.3 is 0 Å². The molecule has 2 aromatic carbocycles. The molecule has 30 heavy (non-hydrogen) atoms. The molecular weight excluding hydrogens is 386 g/mol. The smallest absolute Gasteiger partial charge is 0.175 e. The van der Waals surface area contributed by atoms with E-state index in [0.717, 1.165) is 28.4 Å². The maximum Gasteiger partial charge on any atom is 0.175 e. The molecule has 1 aromatic heterocycles. The summed E-state index contributed by atoms with van der Waals surface area (Å²) in [5.74, 6) is 2.83. The monoisotopic (exact) mass is 413 g/mol. The predicted molar refractivity (Wildman–Crippen MR) is 123 cm³/mol. The summed E-state index contributed by atoms with van der Waals surface area (Å²) in [4.78, 5) is 6.34. The average molecular weight is 414 g/mol. The van der Waals surface area contributed by atoms with Gasteiger partial charge in [0, 0.05) is 10.4 Å². The van der Waals surface area contributed by atoms with Crippen LogP contribution in [0.3, 0.4) is 0 Å². The lowest BCUT2D eigenvalue weighted by Crippen LogP contribution is -2.59. The molecule has 4 bridgehead atoms. The molecule has 0 spiro atoms. The molecular formula is C26H27N3S. The summed E-state index contributed by atoms with van der Waals surface area (Å²) < 4.78 is 2.45. The third kappa shape index (κ3) is 2.73. The number of hydrogen-bond acceptors (Lipinski definition) is 3. The van der Waals surface area contributed by atoms with Crippen molar-refractivity contribution in [3.63, 3.8) is 0 Å². The Labute approximate surface area is 182 Å². The third-order valence-electron chi connectivity index (χ3n) is 7.90.